The minimum absolute atomic E-state index is 0.0393. The topological polar surface area (TPSA) is 133 Å². The van der Waals surface area contributed by atoms with Crippen LogP contribution < -0.4 is 21.3 Å². The molecule has 146 valence electrons. The van der Waals surface area contributed by atoms with Crippen LogP contribution in [0.2, 0.25) is 0 Å². The van der Waals surface area contributed by atoms with Gasteiger partial charge in [-0.05, 0) is 12.3 Å². The SMILES string of the molecule is CCNC(=O)CNC(=O)[C@H](CS)NC(=O)CNC(=O)CC=CSCC=O. The molecule has 0 aromatic rings. The molecule has 0 aromatic carbocycles. The van der Waals surface area contributed by atoms with Gasteiger partial charge in [-0.3, -0.25) is 19.2 Å². The van der Waals surface area contributed by atoms with Crippen LogP contribution in [0.25, 0.3) is 0 Å². The molecule has 26 heavy (non-hydrogen) atoms. The molecule has 0 radical (unpaired) electrons. The number of thioether (sulfide) groups is 1. The fraction of sp³-hybridized carbons (Fsp3) is 0.533. The van der Waals surface area contributed by atoms with Crippen molar-refractivity contribution < 1.29 is 24.0 Å². The van der Waals surface area contributed by atoms with Gasteiger partial charge in [0.2, 0.25) is 23.6 Å². The predicted molar refractivity (Wildman–Crippen MR) is 103 cm³/mol. The first kappa shape index (κ1) is 24.0. The Bertz CT molecular complexity index is 528. The van der Waals surface area contributed by atoms with Crippen LogP contribution in [-0.2, 0) is 24.0 Å². The smallest absolute Gasteiger partial charge is 0.243 e. The van der Waals surface area contributed by atoms with E-state index in [1.54, 1.807) is 18.4 Å². The first-order valence-corrected chi connectivity index (χ1v) is 9.54. The second-order valence-electron chi connectivity index (χ2n) is 4.83. The molecular weight excluding hydrogens is 380 g/mol. The minimum Gasteiger partial charge on any atom is -0.355 e. The minimum atomic E-state index is -0.920. The lowest BCUT2D eigenvalue weighted by Gasteiger charge is -2.16. The molecule has 0 unspecified atom stereocenters. The van der Waals surface area contributed by atoms with Gasteiger partial charge in [-0.25, -0.2) is 0 Å². The zero-order valence-corrected chi connectivity index (χ0v) is 16.2. The summed E-state index contributed by atoms with van der Waals surface area (Å²) in [6.07, 6.45) is 2.40. The monoisotopic (exact) mass is 404 g/mol. The van der Waals surface area contributed by atoms with Crippen molar-refractivity contribution in [2.45, 2.75) is 19.4 Å². The summed E-state index contributed by atoms with van der Waals surface area (Å²) < 4.78 is 0. The van der Waals surface area contributed by atoms with E-state index < -0.39 is 17.9 Å². The lowest BCUT2D eigenvalue weighted by molar-refractivity contribution is -0.130. The fourth-order valence-corrected chi connectivity index (χ4v) is 2.24. The molecule has 0 heterocycles. The molecule has 0 aliphatic heterocycles. The third-order valence-electron chi connectivity index (χ3n) is 2.74. The van der Waals surface area contributed by atoms with Gasteiger partial charge < -0.3 is 26.1 Å². The summed E-state index contributed by atoms with van der Waals surface area (Å²) in [6, 6.07) is -0.920. The predicted octanol–water partition coefficient (Wildman–Crippen LogP) is -1.39. The van der Waals surface area contributed by atoms with E-state index in [-0.39, 0.29) is 37.1 Å². The van der Waals surface area contributed by atoms with Crippen LogP contribution in [0.1, 0.15) is 13.3 Å². The van der Waals surface area contributed by atoms with E-state index in [4.69, 9.17) is 0 Å². The first-order valence-electron chi connectivity index (χ1n) is 7.86. The van der Waals surface area contributed by atoms with E-state index in [9.17, 15) is 24.0 Å². The number of hydrogen-bond donors (Lipinski definition) is 5. The summed E-state index contributed by atoms with van der Waals surface area (Å²) in [5.41, 5.74) is 0. The van der Waals surface area contributed by atoms with Gasteiger partial charge in [0.1, 0.15) is 12.3 Å². The number of aldehydes is 1. The Morgan fingerprint density at radius 2 is 1.73 bits per heavy atom. The van der Waals surface area contributed by atoms with Crippen molar-refractivity contribution in [2.24, 2.45) is 0 Å². The van der Waals surface area contributed by atoms with Crippen molar-refractivity contribution in [3.63, 3.8) is 0 Å². The highest BCUT2D eigenvalue weighted by Crippen LogP contribution is 1.99. The van der Waals surface area contributed by atoms with Crippen molar-refractivity contribution in [3.8, 4) is 0 Å². The molecule has 0 saturated carbocycles. The van der Waals surface area contributed by atoms with Crippen molar-refractivity contribution in [1.82, 2.24) is 21.3 Å². The molecule has 4 N–H and O–H groups in total. The van der Waals surface area contributed by atoms with E-state index in [0.717, 1.165) is 6.29 Å². The number of amides is 4. The summed E-state index contributed by atoms with van der Waals surface area (Å²) >= 11 is 5.25. The molecule has 9 nitrogen and oxygen atoms in total. The maximum absolute atomic E-state index is 11.9. The van der Waals surface area contributed by atoms with Gasteiger partial charge >= 0.3 is 0 Å². The van der Waals surface area contributed by atoms with Crippen LogP contribution in [0.3, 0.4) is 0 Å². The Balaban J connectivity index is 4.14. The van der Waals surface area contributed by atoms with E-state index in [2.05, 4.69) is 33.9 Å². The summed E-state index contributed by atoms with van der Waals surface area (Å²) in [4.78, 5) is 56.7. The number of carbonyl (C=O) groups is 5. The third kappa shape index (κ3) is 12.4. The van der Waals surface area contributed by atoms with Crippen molar-refractivity contribution in [1.29, 1.82) is 0 Å². The number of thiol groups is 1. The molecule has 0 rings (SSSR count). The standard InChI is InChI=1S/C15H24N4O5S2/c1-2-16-13(22)8-18-15(24)11(10-25)19-14(23)9-17-12(21)4-3-6-26-7-5-20/h3,5-6,11,25H,2,4,7-10H2,1H3,(H,16,22)(H,17,21)(H,18,24)(H,19,23)/t11-/m0/s1. The van der Waals surface area contributed by atoms with E-state index in [1.165, 1.54) is 11.8 Å². The van der Waals surface area contributed by atoms with E-state index in [1.807, 2.05) is 0 Å². The second-order valence-corrected chi connectivity index (χ2v) is 6.13. The van der Waals surface area contributed by atoms with Crippen molar-refractivity contribution >= 4 is 54.3 Å². The third-order valence-corrected chi connectivity index (χ3v) is 3.82. The van der Waals surface area contributed by atoms with Gasteiger partial charge in [-0.2, -0.15) is 12.6 Å². The van der Waals surface area contributed by atoms with Gasteiger partial charge in [-0.15, -0.1) is 11.8 Å². The summed E-state index contributed by atoms with van der Waals surface area (Å²) in [7, 11) is 0. The maximum Gasteiger partial charge on any atom is 0.243 e. The Morgan fingerprint density at radius 1 is 1.04 bits per heavy atom. The average Bonchev–Trinajstić information content (AvgIpc) is 2.62. The Hall–Kier alpha value is -2.01. The second kappa shape index (κ2) is 15.3. The van der Waals surface area contributed by atoms with Gasteiger partial charge in [0.25, 0.3) is 0 Å². The Kier molecular flexibility index (Phi) is 14.1. The number of rotatable bonds is 13. The van der Waals surface area contributed by atoms with E-state index in [0.29, 0.717) is 12.3 Å². The molecule has 0 bridgehead atoms. The fourth-order valence-electron chi connectivity index (χ4n) is 1.56. The van der Waals surface area contributed by atoms with Crippen LogP contribution in [0.5, 0.6) is 0 Å². The Labute approximate surface area is 161 Å². The molecule has 0 saturated heterocycles. The molecule has 0 aromatic heterocycles. The quantitative estimate of drug-likeness (QED) is 0.146. The molecule has 4 amide bonds. The first-order chi connectivity index (χ1) is 12.4. The molecule has 1 atom stereocenters. The van der Waals surface area contributed by atoms with Crippen LogP contribution >= 0.6 is 24.4 Å². The number of carbonyl (C=O) groups excluding carboxylic acids is 5. The summed E-state index contributed by atoms with van der Waals surface area (Å²) in [5.74, 6) is -1.44. The molecule has 0 aliphatic rings. The molecular formula is C15H24N4O5S2. The van der Waals surface area contributed by atoms with Crippen LogP contribution in [0.15, 0.2) is 11.5 Å². The molecule has 0 spiro atoms. The molecule has 11 heteroatoms. The van der Waals surface area contributed by atoms with Gasteiger partial charge in [-0.1, -0.05) is 6.08 Å². The number of hydrogen-bond acceptors (Lipinski definition) is 7. The normalized spacial score (nSPS) is 11.5. The highest BCUT2D eigenvalue weighted by Gasteiger charge is 2.19. The highest BCUT2D eigenvalue weighted by molar-refractivity contribution is 8.02. The van der Waals surface area contributed by atoms with Crippen molar-refractivity contribution in [2.75, 3.05) is 31.1 Å². The number of nitrogens with one attached hydrogen (secondary N) is 4. The average molecular weight is 405 g/mol. The summed E-state index contributed by atoms with van der Waals surface area (Å²) in [5, 5.41) is 11.4. The van der Waals surface area contributed by atoms with Crippen LogP contribution in [0, 0.1) is 0 Å². The maximum atomic E-state index is 11.9. The number of likely N-dealkylation sites (N-methyl/N-ethyl adjacent to an activating group) is 1. The zero-order valence-electron chi connectivity index (χ0n) is 14.4. The highest BCUT2D eigenvalue weighted by atomic mass is 32.2. The molecule has 0 aliphatic carbocycles. The van der Waals surface area contributed by atoms with Gasteiger partial charge in [0.05, 0.1) is 18.8 Å². The van der Waals surface area contributed by atoms with Gasteiger partial charge in [0.15, 0.2) is 0 Å². The lowest BCUT2D eigenvalue weighted by atomic mass is 10.3. The van der Waals surface area contributed by atoms with E-state index >= 15 is 0 Å². The summed E-state index contributed by atoms with van der Waals surface area (Å²) in [6.45, 7) is 1.72. The lowest BCUT2D eigenvalue weighted by Crippen LogP contribution is -2.51. The zero-order chi connectivity index (χ0) is 19.8. The molecule has 0 fully saturated rings. The van der Waals surface area contributed by atoms with Gasteiger partial charge in [0, 0.05) is 18.7 Å². The van der Waals surface area contributed by atoms with Crippen molar-refractivity contribution in [3.05, 3.63) is 11.5 Å². The van der Waals surface area contributed by atoms with Crippen LogP contribution in [0.4, 0.5) is 0 Å². The van der Waals surface area contributed by atoms with Crippen LogP contribution in [-0.4, -0.2) is 67.1 Å². The largest absolute Gasteiger partial charge is 0.355 e. The Morgan fingerprint density at radius 3 is 2.35 bits per heavy atom.